The average molecular weight is 374 g/mol. The van der Waals surface area contributed by atoms with Crippen molar-refractivity contribution in [3.8, 4) is 12.3 Å². The first-order chi connectivity index (χ1) is 12.0. The van der Waals surface area contributed by atoms with E-state index < -0.39 is 0 Å². The first-order valence-corrected chi connectivity index (χ1v) is 9.58. The predicted octanol–water partition coefficient (Wildman–Crippen LogP) is 3.24. The van der Waals surface area contributed by atoms with Crippen LogP contribution >= 0.6 is 23.6 Å². The van der Waals surface area contributed by atoms with Crippen molar-refractivity contribution < 1.29 is 0 Å². The summed E-state index contributed by atoms with van der Waals surface area (Å²) >= 11 is 6.99. The quantitative estimate of drug-likeness (QED) is 0.643. The summed E-state index contributed by atoms with van der Waals surface area (Å²) < 4.78 is 2.69. The Morgan fingerprint density at radius 2 is 1.92 bits per heavy atom. The topological polar surface area (TPSA) is 36.3 Å². The molecule has 0 saturated carbocycles. The summed E-state index contributed by atoms with van der Waals surface area (Å²) in [6, 6.07) is 6.32. The van der Waals surface area contributed by atoms with E-state index in [1.165, 1.54) is 22.5 Å². The molecule has 0 spiro atoms. The van der Waals surface area contributed by atoms with Crippen molar-refractivity contribution in [3.05, 3.63) is 33.3 Å². The van der Waals surface area contributed by atoms with Crippen LogP contribution in [0.5, 0.6) is 0 Å². The Labute approximate surface area is 158 Å². The van der Waals surface area contributed by atoms with Gasteiger partial charge in [-0.05, 0) is 49.3 Å². The second kappa shape index (κ2) is 8.11. The van der Waals surface area contributed by atoms with Crippen LogP contribution in [0, 0.1) is 30.1 Å². The van der Waals surface area contributed by atoms with Crippen molar-refractivity contribution in [2.45, 2.75) is 20.5 Å². The van der Waals surface area contributed by atoms with Crippen molar-refractivity contribution >= 4 is 34.4 Å². The molecule has 25 heavy (non-hydrogen) atoms. The highest BCUT2D eigenvalue weighted by Gasteiger charge is 2.17. The second-order valence-corrected chi connectivity index (χ2v) is 7.96. The molecule has 132 valence electrons. The zero-order valence-electron chi connectivity index (χ0n) is 14.7. The van der Waals surface area contributed by atoms with E-state index in [-0.39, 0.29) is 0 Å². The Morgan fingerprint density at radius 1 is 1.20 bits per heavy atom. The Kier molecular flexibility index (Phi) is 5.86. The smallest absolute Gasteiger partial charge is 0.209 e. The number of anilines is 2. The normalized spacial score (nSPS) is 15.9. The van der Waals surface area contributed by atoms with Gasteiger partial charge >= 0.3 is 0 Å². The fraction of sp³-hybridized carbons (Fsp3) is 0.444. The van der Waals surface area contributed by atoms with E-state index in [0.29, 0.717) is 0 Å². The number of aryl methyl sites for hydroxylation is 2. The minimum atomic E-state index is 0.730. The Bertz CT molecular complexity index is 825. The second-order valence-electron chi connectivity index (χ2n) is 6.34. The number of nitrogens with zero attached hydrogens (tertiary/aromatic N) is 4. The monoisotopic (exact) mass is 373 g/mol. The van der Waals surface area contributed by atoms with Crippen LogP contribution in [0.15, 0.2) is 18.2 Å². The van der Waals surface area contributed by atoms with Gasteiger partial charge in [0.05, 0.1) is 13.2 Å². The summed E-state index contributed by atoms with van der Waals surface area (Å²) in [5.41, 5.74) is 3.59. The van der Waals surface area contributed by atoms with Gasteiger partial charge in [0.1, 0.15) is 0 Å². The Balaban J connectivity index is 1.62. The summed E-state index contributed by atoms with van der Waals surface area (Å²) in [7, 11) is 0. The first kappa shape index (κ1) is 18.1. The molecule has 1 aliphatic heterocycles. The zero-order chi connectivity index (χ0) is 17.8. The van der Waals surface area contributed by atoms with E-state index in [1.807, 2.05) is 4.68 Å². The molecule has 1 aromatic heterocycles. The number of piperazine rings is 1. The summed E-state index contributed by atoms with van der Waals surface area (Å²) in [5.74, 6) is 2.71. The summed E-state index contributed by atoms with van der Waals surface area (Å²) in [6.07, 6.45) is 5.38. The van der Waals surface area contributed by atoms with Gasteiger partial charge in [-0.15, -0.1) is 11.5 Å². The highest BCUT2D eigenvalue weighted by Crippen LogP contribution is 2.22. The molecule has 5 nitrogen and oxygen atoms in total. The molecule has 3 rings (SSSR count). The van der Waals surface area contributed by atoms with Crippen LogP contribution in [0.4, 0.5) is 10.8 Å². The van der Waals surface area contributed by atoms with Gasteiger partial charge in [-0.1, -0.05) is 23.3 Å². The lowest BCUT2D eigenvalue weighted by Crippen LogP contribution is -2.46. The molecule has 1 fully saturated rings. The van der Waals surface area contributed by atoms with Crippen LogP contribution in [-0.2, 0) is 6.67 Å². The molecular formula is C18H23N5S2. The molecule has 0 unspecified atom stereocenters. The molecule has 0 radical (unpaired) electrons. The highest BCUT2D eigenvalue weighted by atomic mass is 32.1. The van der Waals surface area contributed by atoms with E-state index >= 15 is 0 Å². The lowest BCUT2D eigenvalue weighted by molar-refractivity contribution is 0.112. The lowest BCUT2D eigenvalue weighted by Gasteiger charge is -2.33. The van der Waals surface area contributed by atoms with Crippen LogP contribution < -0.4 is 5.32 Å². The van der Waals surface area contributed by atoms with Crippen LogP contribution in [0.2, 0.25) is 0 Å². The zero-order valence-corrected chi connectivity index (χ0v) is 16.3. The number of hydrogen-bond acceptors (Lipinski definition) is 6. The van der Waals surface area contributed by atoms with E-state index in [2.05, 4.69) is 58.2 Å². The van der Waals surface area contributed by atoms with Crippen LogP contribution in [-0.4, -0.2) is 52.3 Å². The first-order valence-electron chi connectivity index (χ1n) is 8.35. The third-order valence-corrected chi connectivity index (χ3v) is 5.70. The van der Waals surface area contributed by atoms with Crippen molar-refractivity contribution in [2.24, 2.45) is 0 Å². The predicted molar refractivity (Wildman–Crippen MR) is 107 cm³/mol. The Morgan fingerprint density at radius 3 is 2.60 bits per heavy atom. The Hall–Kier alpha value is -1.72. The van der Waals surface area contributed by atoms with E-state index in [9.17, 15) is 0 Å². The van der Waals surface area contributed by atoms with Crippen molar-refractivity contribution in [2.75, 3.05) is 38.0 Å². The van der Waals surface area contributed by atoms with Crippen molar-refractivity contribution in [1.29, 1.82) is 0 Å². The molecule has 1 aromatic carbocycles. The van der Waals surface area contributed by atoms with Gasteiger partial charge in [0.25, 0.3) is 0 Å². The molecule has 7 heteroatoms. The standard InChI is InChI=1S/C18H23N5S2/c1-4-7-21-8-10-22(11-9-21)13-23-18(24)25-17(20-23)19-16-6-5-14(2)15(3)12-16/h1,5-6,12H,7-11,13H2,2-3H3,(H,19,20). The maximum atomic E-state index is 5.48. The van der Waals surface area contributed by atoms with Gasteiger partial charge in [-0.2, -0.15) is 0 Å². The van der Waals surface area contributed by atoms with Crippen LogP contribution in [0.1, 0.15) is 11.1 Å². The van der Waals surface area contributed by atoms with Crippen molar-refractivity contribution in [3.63, 3.8) is 0 Å². The minimum Gasteiger partial charge on any atom is -0.330 e. The fourth-order valence-corrected chi connectivity index (χ4v) is 3.81. The van der Waals surface area contributed by atoms with E-state index in [1.54, 1.807) is 0 Å². The molecule has 0 bridgehead atoms. The third kappa shape index (κ3) is 4.67. The van der Waals surface area contributed by atoms with Gasteiger partial charge < -0.3 is 5.32 Å². The number of rotatable bonds is 5. The molecule has 0 aliphatic carbocycles. The molecule has 2 heterocycles. The maximum Gasteiger partial charge on any atom is 0.209 e. The molecule has 1 aliphatic rings. The molecule has 0 atom stereocenters. The summed E-state index contributed by atoms with van der Waals surface area (Å²) in [5, 5.41) is 8.84. The number of aromatic nitrogens is 2. The molecule has 0 amide bonds. The molecule has 1 N–H and O–H groups in total. The molecule has 2 aromatic rings. The average Bonchev–Trinajstić information content (AvgIpc) is 2.92. The highest BCUT2D eigenvalue weighted by molar-refractivity contribution is 7.73. The van der Waals surface area contributed by atoms with Gasteiger partial charge in [0, 0.05) is 31.9 Å². The van der Waals surface area contributed by atoms with Crippen LogP contribution in [0.3, 0.4) is 0 Å². The van der Waals surface area contributed by atoms with Gasteiger partial charge in [-0.25, -0.2) is 4.68 Å². The lowest BCUT2D eigenvalue weighted by atomic mass is 10.1. The van der Waals surface area contributed by atoms with Crippen molar-refractivity contribution in [1.82, 2.24) is 19.6 Å². The molecular weight excluding hydrogens is 350 g/mol. The van der Waals surface area contributed by atoms with Crippen LogP contribution in [0.25, 0.3) is 0 Å². The third-order valence-electron chi connectivity index (χ3n) is 4.48. The van der Waals surface area contributed by atoms with Gasteiger partial charge in [0.2, 0.25) is 5.13 Å². The minimum absolute atomic E-state index is 0.730. The molecule has 1 saturated heterocycles. The number of hydrogen-bond donors (Lipinski definition) is 1. The fourth-order valence-electron chi connectivity index (χ4n) is 2.80. The van der Waals surface area contributed by atoms with Gasteiger partial charge in [0.15, 0.2) is 3.95 Å². The SMILES string of the molecule is C#CCN1CCN(Cn2nc(Nc3ccc(C)c(C)c3)sc2=S)CC1. The number of nitrogens with one attached hydrogen (secondary N) is 1. The van der Waals surface area contributed by atoms with E-state index in [0.717, 1.165) is 54.2 Å². The summed E-state index contributed by atoms with van der Waals surface area (Å²) in [6.45, 7) is 9.65. The maximum absolute atomic E-state index is 5.48. The van der Waals surface area contributed by atoms with Gasteiger partial charge in [-0.3, -0.25) is 9.80 Å². The summed E-state index contributed by atoms with van der Waals surface area (Å²) in [4.78, 5) is 4.66. The van der Waals surface area contributed by atoms with E-state index in [4.69, 9.17) is 18.6 Å². The largest absolute Gasteiger partial charge is 0.330 e. The number of benzene rings is 1. The number of terminal acetylenes is 1.